The smallest absolute Gasteiger partial charge is 0.243 e. The number of ketones is 1. The maximum absolute atomic E-state index is 13.2. The third kappa shape index (κ3) is 5.56. The lowest BCUT2D eigenvalue weighted by Gasteiger charge is -2.31. The van der Waals surface area contributed by atoms with Crippen LogP contribution in [0.1, 0.15) is 28.8 Å². The zero-order valence-electron chi connectivity index (χ0n) is 19.1. The van der Waals surface area contributed by atoms with Crippen molar-refractivity contribution in [2.45, 2.75) is 17.7 Å². The normalized spacial score (nSPS) is 16.5. The Hall–Kier alpha value is -3.20. The Balaban J connectivity index is 1.52. The van der Waals surface area contributed by atoms with Crippen molar-refractivity contribution in [1.82, 2.24) is 4.31 Å². The number of methoxy groups -OCH3 is 1. The minimum Gasteiger partial charge on any atom is -0.497 e. The molecule has 0 spiro atoms. The Bertz CT molecular complexity index is 1330. The molecule has 3 aromatic rings. The third-order valence-electron chi connectivity index (χ3n) is 5.97. The number of amides is 1. The molecule has 0 bridgehead atoms. The largest absolute Gasteiger partial charge is 0.497 e. The molecule has 9 heteroatoms. The topological polar surface area (TPSA) is 92.8 Å². The Morgan fingerprint density at radius 3 is 2.43 bits per heavy atom. The number of carbonyl (C=O) groups is 2. The van der Waals surface area contributed by atoms with Gasteiger partial charge in [-0.3, -0.25) is 9.59 Å². The summed E-state index contributed by atoms with van der Waals surface area (Å²) >= 11 is 6.13. The van der Waals surface area contributed by atoms with Gasteiger partial charge in [0.25, 0.3) is 0 Å². The number of anilines is 1. The van der Waals surface area contributed by atoms with E-state index in [0.29, 0.717) is 41.4 Å². The molecule has 1 saturated heterocycles. The molecule has 1 atom stereocenters. The van der Waals surface area contributed by atoms with E-state index in [1.165, 1.54) is 29.6 Å². The highest BCUT2D eigenvalue weighted by molar-refractivity contribution is 7.89. The summed E-state index contributed by atoms with van der Waals surface area (Å²) < 4.78 is 32.7. The Labute approximate surface area is 209 Å². The van der Waals surface area contributed by atoms with Crippen LogP contribution in [0.25, 0.3) is 0 Å². The number of nitrogens with one attached hydrogen (secondary N) is 1. The summed E-state index contributed by atoms with van der Waals surface area (Å²) in [5.41, 5.74) is 1.08. The molecule has 0 aliphatic carbocycles. The van der Waals surface area contributed by atoms with Crippen LogP contribution in [0.4, 0.5) is 5.69 Å². The van der Waals surface area contributed by atoms with Gasteiger partial charge in [-0.15, -0.1) is 0 Å². The fourth-order valence-electron chi connectivity index (χ4n) is 4.06. The summed E-state index contributed by atoms with van der Waals surface area (Å²) in [5, 5.41) is 3.20. The highest BCUT2D eigenvalue weighted by Gasteiger charge is 2.33. The average Bonchev–Trinajstić information content (AvgIpc) is 2.89. The predicted molar refractivity (Wildman–Crippen MR) is 134 cm³/mol. The van der Waals surface area contributed by atoms with E-state index in [4.69, 9.17) is 16.3 Å². The van der Waals surface area contributed by atoms with Gasteiger partial charge >= 0.3 is 0 Å². The van der Waals surface area contributed by atoms with Gasteiger partial charge < -0.3 is 10.1 Å². The van der Waals surface area contributed by atoms with Crippen LogP contribution in [0.5, 0.6) is 5.75 Å². The van der Waals surface area contributed by atoms with Crippen LogP contribution in [-0.2, 0) is 14.8 Å². The van der Waals surface area contributed by atoms with Gasteiger partial charge in [0.05, 0.1) is 23.6 Å². The number of halogens is 1. The van der Waals surface area contributed by atoms with Gasteiger partial charge in [-0.1, -0.05) is 41.9 Å². The van der Waals surface area contributed by atoms with Crippen molar-refractivity contribution < 1.29 is 22.7 Å². The van der Waals surface area contributed by atoms with Crippen molar-refractivity contribution in [1.29, 1.82) is 0 Å². The minimum absolute atomic E-state index is 0.0513. The molecule has 35 heavy (non-hydrogen) atoms. The molecule has 7 nitrogen and oxygen atoms in total. The second kappa shape index (κ2) is 10.6. The second-order valence-corrected chi connectivity index (χ2v) is 10.6. The van der Waals surface area contributed by atoms with Crippen LogP contribution in [0.2, 0.25) is 5.02 Å². The highest BCUT2D eigenvalue weighted by Crippen LogP contribution is 2.28. The van der Waals surface area contributed by atoms with Gasteiger partial charge in [0.15, 0.2) is 5.78 Å². The Morgan fingerprint density at radius 2 is 1.74 bits per heavy atom. The lowest BCUT2D eigenvalue weighted by Crippen LogP contribution is -2.43. The molecule has 1 unspecified atom stereocenters. The number of hydrogen-bond acceptors (Lipinski definition) is 5. The van der Waals surface area contributed by atoms with E-state index in [0.717, 1.165) is 0 Å². The van der Waals surface area contributed by atoms with Gasteiger partial charge in [-0.05, 0) is 55.3 Å². The molecule has 4 rings (SSSR count). The number of ether oxygens (including phenoxy) is 1. The number of nitrogens with zero attached hydrogens (tertiary/aromatic N) is 1. The van der Waals surface area contributed by atoms with E-state index < -0.39 is 15.9 Å². The number of sulfonamides is 1. The molecule has 1 amide bonds. The minimum atomic E-state index is -3.76. The van der Waals surface area contributed by atoms with E-state index in [2.05, 4.69) is 5.32 Å². The summed E-state index contributed by atoms with van der Waals surface area (Å²) in [7, 11) is -2.25. The third-order valence-corrected chi connectivity index (χ3v) is 8.09. The molecule has 182 valence electrons. The summed E-state index contributed by atoms with van der Waals surface area (Å²) in [5.74, 6) is -0.615. The van der Waals surface area contributed by atoms with Gasteiger partial charge in [-0.2, -0.15) is 4.31 Å². The molecule has 1 fully saturated rings. The molecular formula is C26H25ClN2O5S. The molecule has 1 aliphatic heterocycles. The zero-order valence-corrected chi connectivity index (χ0v) is 20.7. The monoisotopic (exact) mass is 512 g/mol. The summed E-state index contributed by atoms with van der Waals surface area (Å²) in [6.07, 6.45) is 1.08. The molecule has 0 aromatic heterocycles. The fraction of sp³-hybridized carbons (Fsp3) is 0.231. The molecular weight excluding hydrogens is 488 g/mol. The molecule has 3 aromatic carbocycles. The van der Waals surface area contributed by atoms with Crippen LogP contribution < -0.4 is 10.1 Å². The van der Waals surface area contributed by atoms with Crippen molar-refractivity contribution in [3.63, 3.8) is 0 Å². The SMILES string of the molecule is COc1ccc(S(=O)(=O)N2CCCC(C(=O)Nc3ccc(Cl)cc3C(=O)c3ccccc3)C2)cc1. The van der Waals surface area contributed by atoms with E-state index in [1.54, 1.807) is 48.5 Å². The maximum atomic E-state index is 13.2. The first-order chi connectivity index (χ1) is 16.8. The molecule has 1 aliphatic rings. The average molecular weight is 513 g/mol. The lowest BCUT2D eigenvalue weighted by molar-refractivity contribution is -0.120. The van der Waals surface area contributed by atoms with Crippen LogP contribution >= 0.6 is 11.6 Å². The van der Waals surface area contributed by atoms with Gasteiger partial charge in [0, 0.05) is 29.2 Å². The fourth-order valence-corrected chi connectivity index (χ4v) is 5.76. The van der Waals surface area contributed by atoms with Crippen molar-refractivity contribution in [3.8, 4) is 5.75 Å². The predicted octanol–water partition coefficient (Wildman–Crippen LogP) is 4.62. The Kier molecular flexibility index (Phi) is 7.54. The first-order valence-corrected chi connectivity index (χ1v) is 13.0. The Morgan fingerprint density at radius 1 is 1.03 bits per heavy atom. The van der Waals surface area contributed by atoms with E-state index in [9.17, 15) is 18.0 Å². The van der Waals surface area contributed by atoms with Crippen LogP contribution in [0, 0.1) is 5.92 Å². The van der Waals surface area contributed by atoms with E-state index in [-0.39, 0.29) is 28.7 Å². The summed E-state index contributed by atoms with van der Waals surface area (Å²) in [6, 6.07) is 19.6. The first-order valence-electron chi connectivity index (χ1n) is 11.1. The number of piperidine rings is 1. The van der Waals surface area contributed by atoms with Crippen molar-refractivity contribution in [2.24, 2.45) is 5.92 Å². The van der Waals surface area contributed by atoms with Crippen LogP contribution in [-0.4, -0.2) is 44.6 Å². The van der Waals surface area contributed by atoms with E-state index >= 15 is 0 Å². The summed E-state index contributed by atoms with van der Waals surface area (Å²) in [4.78, 5) is 26.4. The molecule has 0 saturated carbocycles. The maximum Gasteiger partial charge on any atom is 0.243 e. The van der Waals surface area contributed by atoms with Crippen LogP contribution in [0.3, 0.4) is 0 Å². The van der Waals surface area contributed by atoms with Crippen molar-refractivity contribution in [3.05, 3.63) is 88.9 Å². The number of carbonyl (C=O) groups excluding carboxylic acids is 2. The quantitative estimate of drug-likeness (QED) is 0.466. The molecule has 1 heterocycles. The standard InChI is InChI=1S/C26H25ClN2O5S/c1-34-21-10-12-22(13-11-21)35(32,33)29-15-5-8-19(17-29)26(31)28-24-14-9-20(27)16-23(24)25(30)18-6-3-2-4-7-18/h2-4,6-7,9-14,16,19H,5,8,15,17H2,1H3,(H,28,31). The van der Waals surface area contributed by atoms with Crippen LogP contribution in [0.15, 0.2) is 77.7 Å². The van der Waals surface area contributed by atoms with Gasteiger partial charge in [-0.25, -0.2) is 8.42 Å². The van der Waals surface area contributed by atoms with E-state index in [1.807, 2.05) is 6.07 Å². The second-order valence-electron chi connectivity index (χ2n) is 8.25. The lowest BCUT2D eigenvalue weighted by atomic mass is 9.97. The number of rotatable bonds is 7. The van der Waals surface area contributed by atoms with Gasteiger partial charge in [0.1, 0.15) is 5.75 Å². The zero-order chi connectivity index (χ0) is 25.0. The summed E-state index contributed by atoms with van der Waals surface area (Å²) in [6.45, 7) is 0.382. The first kappa shape index (κ1) is 24.9. The molecule has 0 radical (unpaired) electrons. The van der Waals surface area contributed by atoms with Crippen molar-refractivity contribution in [2.75, 3.05) is 25.5 Å². The molecule has 1 N–H and O–H groups in total. The van der Waals surface area contributed by atoms with Crippen molar-refractivity contribution >= 4 is 39.0 Å². The highest BCUT2D eigenvalue weighted by atomic mass is 35.5. The number of benzene rings is 3. The van der Waals surface area contributed by atoms with Gasteiger partial charge in [0.2, 0.25) is 15.9 Å². The number of hydrogen-bond donors (Lipinski definition) is 1.